The van der Waals surface area contributed by atoms with Gasteiger partial charge in [-0.2, -0.15) is 0 Å². The van der Waals surface area contributed by atoms with Crippen molar-refractivity contribution in [2.24, 2.45) is 11.7 Å². The van der Waals surface area contributed by atoms with Gasteiger partial charge in [0.15, 0.2) is 0 Å². The molecule has 1 nitrogen and oxygen atoms in total. The lowest BCUT2D eigenvalue weighted by molar-refractivity contribution is 0.151. The zero-order valence-corrected chi connectivity index (χ0v) is 9.79. The summed E-state index contributed by atoms with van der Waals surface area (Å²) >= 11 is 0. The molecule has 0 spiro atoms. The maximum absolute atomic E-state index is 12.5. The summed E-state index contributed by atoms with van der Waals surface area (Å²) in [5.74, 6) is 0.535. The molecule has 1 unspecified atom stereocenters. The van der Waals surface area contributed by atoms with Crippen LogP contribution in [0, 0.1) is 5.92 Å². The highest BCUT2D eigenvalue weighted by molar-refractivity contribution is 5.24. The third-order valence-corrected chi connectivity index (χ3v) is 2.48. The Morgan fingerprint density at radius 3 is 2.50 bits per heavy atom. The first kappa shape index (κ1) is 13.1. The van der Waals surface area contributed by atoms with Crippen LogP contribution in [0.5, 0.6) is 0 Å². The SMILES string of the molecule is CC(C)CC(N)Cc1cccc(C(F)F)c1. The van der Waals surface area contributed by atoms with Crippen molar-refractivity contribution >= 4 is 0 Å². The van der Waals surface area contributed by atoms with Crippen LogP contribution in [-0.4, -0.2) is 6.04 Å². The Hall–Kier alpha value is -0.960. The van der Waals surface area contributed by atoms with Crippen LogP contribution < -0.4 is 5.73 Å². The van der Waals surface area contributed by atoms with E-state index in [2.05, 4.69) is 13.8 Å². The fraction of sp³-hybridized carbons (Fsp3) is 0.538. The topological polar surface area (TPSA) is 26.0 Å². The summed E-state index contributed by atoms with van der Waals surface area (Å²) < 4.78 is 24.9. The molecule has 16 heavy (non-hydrogen) atoms. The van der Waals surface area contributed by atoms with E-state index >= 15 is 0 Å². The van der Waals surface area contributed by atoms with Gasteiger partial charge in [-0.15, -0.1) is 0 Å². The molecule has 1 rings (SSSR count). The summed E-state index contributed by atoms with van der Waals surface area (Å²) in [4.78, 5) is 0. The molecule has 0 heterocycles. The van der Waals surface area contributed by atoms with Gasteiger partial charge < -0.3 is 5.73 Å². The van der Waals surface area contributed by atoms with Gasteiger partial charge in [0.25, 0.3) is 6.43 Å². The van der Waals surface area contributed by atoms with Gasteiger partial charge in [-0.05, 0) is 24.3 Å². The number of rotatable bonds is 5. The molecule has 0 aromatic heterocycles. The van der Waals surface area contributed by atoms with E-state index < -0.39 is 6.43 Å². The molecule has 2 N–H and O–H groups in total. The Balaban J connectivity index is 2.63. The zero-order valence-electron chi connectivity index (χ0n) is 9.79. The standard InChI is InChI=1S/C13H19F2N/c1-9(2)6-12(16)8-10-4-3-5-11(7-10)13(14)15/h3-5,7,9,12-13H,6,8,16H2,1-2H3. The van der Waals surface area contributed by atoms with Crippen molar-refractivity contribution in [3.8, 4) is 0 Å². The van der Waals surface area contributed by atoms with E-state index in [0.717, 1.165) is 12.0 Å². The lowest BCUT2D eigenvalue weighted by Gasteiger charge is -2.14. The third-order valence-electron chi connectivity index (χ3n) is 2.48. The number of hydrogen-bond acceptors (Lipinski definition) is 1. The zero-order chi connectivity index (χ0) is 12.1. The normalized spacial score (nSPS) is 13.4. The lowest BCUT2D eigenvalue weighted by atomic mass is 9.97. The molecule has 0 fully saturated rings. The number of halogens is 2. The predicted octanol–water partition coefficient (Wildman–Crippen LogP) is 3.54. The molecule has 0 saturated heterocycles. The number of nitrogens with two attached hydrogens (primary N) is 1. The first-order valence-electron chi connectivity index (χ1n) is 5.61. The monoisotopic (exact) mass is 227 g/mol. The van der Waals surface area contributed by atoms with E-state index in [-0.39, 0.29) is 11.6 Å². The van der Waals surface area contributed by atoms with Gasteiger partial charge in [-0.1, -0.05) is 38.1 Å². The quantitative estimate of drug-likeness (QED) is 0.818. The second kappa shape index (κ2) is 5.94. The Kier molecular flexibility index (Phi) is 4.87. The van der Waals surface area contributed by atoms with Crippen LogP contribution >= 0.6 is 0 Å². The molecule has 0 aliphatic heterocycles. The van der Waals surface area contributed by atoms with Crippen LogP contribution in [0.3, 0.4) is 0 Å². The summed E-state index contributed by atoms with van der Waals surface area (Å²) in [6.07, 6.45) is -0.821. The number of alkyl halides is 2. The molecule has 1 atom stereocenters. The van der Waals surface area contributed by atoms with Gasteiger partial charge in [-0.25, -0.2) is 8.78 Å². The maximum Gasteiger partial charge on any atom is 0.263 e. The first-order valence-corrected chi connectivity index (χ1v) is 5.61. The van der Waals surface area contributed by atoms with Crippen molar-refractivity contribution in [2.45, 2.75) is 39.2 Å². The van der Waals surface area contributed by atoms with Gasteiger partial charge >= 0.3 is 0 Å². The minimum atomic E-state index is -2.40. The fourth-order valence-electron chi connectivity index (χ4n) is 1.85. The molecule has 0 aliphatic carbocycles. The van der Waals surface area contributed by atoms with Crippen LogP contribution in [0.4, 0.5) is 8.78 Å². The van der Waals surface area contributed by atoms with Gasteiger partial charge in [0.05, 0.1) is 0 Å². The molecular formula is C13H19F2N. The average Bonchev–Trinajstić information content (AvgIpc) is 2.16. The second-order valence-electron chi connectivity index (χ2n) is 4.64. The molecule has 0 amide bonds. The molecule has 0 aliphatic rings. The van der Waals surface area contributed by atoms with Gasteiger partial charge in [0.1, 0.15) is 0 Å². The highest BCUT2D eigenvalue weighted by atomic mass is 19.3. The molecule has 0 saturated carbocycles. The summed E-state index contributed by atoms with van der Waals surface area (Å²) in [5, 5.41) is 0. The second-order valence-corrected chi connectivity index (χ2v) is 4.64. The molecule has 90 valence electrons. The summed E-state index contributed by atoms with van der Waals surface area (Å²) in [7, 11) is 0. The summed E-state index contributed by atoms with van der Waals surface area (Å²) in [5.41, 5.74) is 6.92. The highest BCUT2D eigenvalue weighted by Crippen LogP contribution is 2.20. The van der Waals surface area contributed by atoms with Crippen molar-refractivity contribution in [3.63, 3.8) is 0 Å². The highest BCUT2D eigenvalue weighted by Gasteiger charge is 2.10. The van der Waals surface area contributed by atoms with Crippen LogP contribution in [-0.2, 0) is 6.42 Å². The Morgan fingerprint density at radius 1 is 1.25 bits per heavy atom. The number of benzene rings is 1. The van der Waals surface area contributed by atoms with Crippen LogP contribution in [0.2, 0.25) is 0 Å². The Bertz CT molecular complexity index is 323. The predicted molar refractivity (Wildman–Crippen MR) is 62.5 cm³/mol. The fourth-order valence-corrected chi connectivity index (χ4v) is 1.85. The molecule has 1 aromatic rings. The van der Waals surface area contributed by atoms with Crippen LogP contribution in [0.25, 0.3) is 0 Å². The van der Waals surface area contributed by atoms with Gasteiger partial charge in [0.2, 0.25) is 0 Å². The third kappa shape index (κ3) is 4.27. The van der Waals surface area contributed by atoms with Crippen molar-refractivity contribution in [3.05, 3.63) is 35.4 Å². The first-order chi connectivity index (χ1) is 7.49. The Morgan fingerprint density at radius 2 is 1.94 bits per heavy atom. The van der Waals surface area contributed by atoms with E-state index in [1.54, 1.807) is 12.1 Å². The molecular weight excluding hydrogens is 208 g/mol. The maximum atomic E-state index is 12.5. The van der Waals surface area contributed by atoms with Crippen molar-refractivity contribution in [1.82, 2.24) is 0 Å². The van der Waals surface area contributed by atoms with E-state index in [1.807, 2.05) is 6.07 Å². The lowest BCUT2D eigenvalue weighted by Crippen LogP contribution is -2.24. The van der Waals surface area contributed by atoms with E-state index in [9.17, 15) is 8.78 Å². The van der Waals surface area contributed by atoms with Crippen LogP contribution in [0.1, 0.15) is 37.8 Å². The van der Waals surface area contributed by atoms with Crippen molar-refractivity contribution in [2.75, 3.05) is 0 Å². The summed E-state index contributed by atoms with van der Waals surface area (Å²) in [6.45, 7) is 4.21. The summed E-state index contributed by atoms with van der Waals surface area (Å²) in [6, 6.07) is 6.56. The largest absolute Gasteiger partial charge is 0.327 e. The molecule has 3 heteroatoms. The number of hydrogen-bond donors (Lipinski definition) is 1. The van der Waals surface area contributed by atoms with E-state index in [0.29, 0.717) is 12.3 Å². The molecule has 0 bridgehead atoms. The minimum absolute atomic E-state index is 0.0490. The van der Waals surface area contributed by atoms with E-state index in [4.69, 9.17) is 5.73 Å². The average molecular weight is 227 g/mol. The van der Waals surface area contributed by atoms with Gasteiger partial charge in [0, 0.05) is 11.6 Å². The molecule has 1 aromatic carbocycles. The van der Waals surface area contributed by atoms with Gasteiger partial charge in [-0.3, -0.25) is 0 Å². The molecule has 0 radical (unpaired) electrons. The minimum Gasteiger partial charge on any atom is -0.327 e. The Labute approximate surface area is 95.7 Å². The smallest absolute Gasteiger partial charge is 0.263 e. The van der Waals surface area contributed by atoms with E-state index in [1.165, 1.54) is 6.07 Å². The van der Waals surface area contributed by atoms with Crippen molar-refractivity contribution in [1.29, 1.82) is 0 Å². The van der Waals surface area contributed by atoms with Crippen LogP contribution in [0.15, 0.2) is 24.3 Å². The van der Waals surface area contributed by atoms with Crippen molar-refractivity contribution < 1.29 is 8.78 Å².